The predicted octanol–water partition coefficient (Wildman–Crippen LogP) is -0.559. The third-order valence-corrected chi connectivity index (χ3v) is 2.25. The molecule has 2 atom stereocenters. The Morgan fingerprint density at radius 2 is 2.19 bits per heavy atom. The summed E-state index contributed by atoms with van der Waals surface area (Å²) in [6.45, 7) is 1.49. The molecule has 0 amide bonds. The van der Waals surface area contributed by atoms with Crippen molar-refractivity contribution in [3.63, 3.8) is 0 Å². The number of aryl methyl sites for hydroxylation is 1. The Morgan fingerprint density at radius 1 is 1.56 bits per heavy atom. The van der Waals surface area contributed by atoms with Crippen LogP contribution in [0.15, 0.2) is 12.3 Å². The minimum atomic E-state index is -1.15. The number of hydrogen-bond acceptors (Lipinski definition) is 5. The van der Waals surface area contributed by atoms with Crippen LogP contribution in [0.25, 0.3) is 0 Å². The second-order valence-corrected chi connectivity index (χ2v) is 3.49. The van der Waals surface area contributed by atoms with Gasteiger partial charge in [-0.25, -0.2) is 9.78 Å². The zero-order valence-corrected chi connectivity index (χ0v) is 8.79. The molecule has 6 heteroatoms. The minimum Gasteiger partial charge on any atom is -0.477 e. The minimum absolute atomic E-state index is 0.0711. The molecule has 0 radical (unpaired) electrons. The molecular formula is C10H14N2O4. The molecule has 1 aromatic rings. The second-order valence-electron chi connectivity index (χ2n) is 3.49. The van der Waals surface area contributed by atoms with Gasteiger partial charge in [0.15, 0.2) is 5.69 Å². The summed E-state index contributed by atoms with van der Waals surface area (Å²) in [6, 6.07) is 1.47. The Morgan fingerprint density at radius 3 is 2.62 bits per heavy atom. The van der Waals surface area contributed by atoms with E-state index >= 15 is 0 Å². The fraction of sp³-hybridized carbons (Fsp3) is 0.400. The molecule has 1 rings (SSSR count). The van der Waals surface area contributed by atoms with Gasteiger partial charge < -0.3 is 21.1 Å². The number of nitrogens with two attached hydrogens (primary N) is 1. The first-order valence-electron chi connectivity index (χ1n) is 4.73. The van der Waals surface area contributed by atoms with Crippen molar-refractivity contribution < 1.29 is 20.1 Å². The summed E-state index contributed by atoms with van der Waals surface area (Å²) in [7, 11) is 0. The summed E-state index contributed by atoms with van der Waals surface area (Å²) in [5.74, 6) is -1.13. The van der Waals surface area contributed by atoms with Crippen molar-refractivity contribution in [1.29, 1.82) is 0 Å². The molecule has 0 aromatic carbocycles. The molecule has 0 aliphatic carbocycles. The Hall–Kier alpha value is -1.50. The SMILES string of the molecule is Cc1cc(C(O)C(O)CN)cnc1C(=O)O. The number of carboxylic acids is 1. The van der Waals surface area contributed by atoms with Crippen LogP contribution in [-0.2, 0) is 0 Å². The fourth-order valence-electron chi connectivity index (χ4n) is 1.33. The molecule has 0 bridgehead atoms. The van der Waals surface area contributed by atoms with Crippen LogP contribution in [0.4, 0.5) is 0 Å². The zero-order valence-electron chi connectivity index (χ0n) is 8.79. The van der Waals surface area contributed by atoms with Gasteiger partial charge in [0.2, 0.25) is 0 Å². The largest absolute Gasteiger partial charge is 0.477 e. The normalized spacial score (nSPS) is 14.5. The number of aromatic nitrogens is 1. The average molecular weight is 226 g/mol. The number of nitrogens with zero attached hydrogens (tertiary/aromatic N) is 1. The Balaban J connectivity index is 3.01. The lowest BCUT2D eigenvalue weighted by Gasteiger charge is -2.16. The molecule has 0 spiro atoms. The highest BCUT2D eigenvalue weighted by atomic mass is 16.4. The number of carboxylic acid groups (broad SMARTS) is 1. The molecule has 16 heavy (non-hydrogen) atoms. The predicted molar refractivity (Wildman–Crippen MR) is 56.0 cm³/mol. The number of carbonyl (C=O) groups is 1. The van der Waals surface area contributed by atoms with E-state index in [-0.39, 0.29) is 12.2 Å². The lowest BCUT2D eigenvalue weighted by atomic mass is 10.0. The molecule has 2 unspecified atom stereocenters. The van der Waals surface area contributed by atoms with Crippen LogP contribution in [0.5, 0.6) is 0 Å². The van der Waals surface area contributed by atoms with Gasteiger partial charge in [-0.2, -0.15) is 0 Å². The van der Waals surface area contributed by atoms with Gasteiger partial charge in [-0.1, -0.05) is 0 Å². The van der Waals surface area contributed by atoms with Gasteiger partial charge in [0.25, 0.3) is 0 Å². The summed E-state index contributed by atoms with van der Waals surface area (Å²) in [5.41, 5.74) is 5.90. The van der Waals surface area contributed by atoms with E-state index in [2.05, 4.69) is 4.98 Å². The number of aliphatic hydroxyl groups is 2. The monoisotopic (exact) mass is 226 g/mol. The molecule has 0 aliphatic heterocycles. The third-order valence-electron chi connectivity index (χ3n) is 2.25. The van der Waals surface area contributed by atoms with Crippen molar-refractivity contribution in [1.82, 2.24) is 4.98 Å². The number of pyridine rings is 1. The second kappa shape index (κ2) is 5.02. The summed E-state index contributed by atoms with van der Waals surface area (Å²) in [4.78, 5) is 14.4. The number of aliphatic hydroxyl groups excluding tert-OH is 2. The number of hydrogen-bond donors (Lipinski definition) is 4. The Kier molecular flexibility index (Phi) is 3.94. The summed E-state index contributed by atoms with van der Waals surface area (Å²) >= 11 is 0. The Bertz CT molecular complexity index is 394. The number of aromatic carboxylic acids is 1. The van der Waals surface area contributed by atoms with Crippen molar-refractivity contribution in [2.75, 3.05) is 6.54 Å². The molecule has 88 valence electrons. The summed E-state index contributed by atoms with van der Waals surface area (Å²) in [6.07, 6.45) is -1.02. The van der Waals surface area contributed by atoms with Crippen molar-refractivity contribution >= 4 is 5.97 Å². The van der Waals surface area contributed by atoms with Gasteiger partial charge in [0, 0.05) is 18.3 Å². The van der Waals surface area contributed by atoms with E-state index in [1.54, 1.807) is 6.92 Å². The van der Waals surface area contributed by atoms with Gasteiger partial charge in [0.1, 0.15) is 6.10 Å². The van der Waals surface area contributed by atoms with Crippen LogP contribution in [0, 0.1) is 6.92 Å². The fourth-order valence-corrected chi connectivity index (χ4v) is 1.33. The number of rotatable bonds is 4. The van der Waals surface area contributed by atoms with Crippen LogP contribution in [0.3, 0.4) is 0 Å². The third kappa shape index (κ3) is 2.54. The van der Waals surface area contributed by atoms with E-state index in [0.717, 1.165) is 0 Å². The van der Waals surface area contributed by atoms with Gasteiger partial charge in [-0.3, -0.25) is 0 Å². The summed E-state index contributed by atoms with van der Waals surface area (Å²) < 4.78 is 0. The zero-order chi connectivity index (χ0) is 12.3. The van der Waals surface area contributed by atoms with Gasteiger partial charge in [0.05, 0.1) is 6.10 Å². The van der Waals surface area contributed by atoms with Crippen LogP contribution >= 0.6 is 0 Å². The quantitative estimate of drug-likeness (QED) is 0.547. The van der Waals surface area contributed by atoms with Gasteiger partial charge in [-0.15, -0.1) is 0 Å². The van der Waals surface area contributed by atoms with E-state index in [1.165, 1.54) is 12.3 Å². The highest BCUT2D eigenvalue weighted by Crippen LogP contribution is 2.18. The molecule has 0 aliphatic rings. The van der Waals surface area contributed by atoms with Crippen molar-refractivity contribution in [2.24, 2.45) is 5.73 Å². The summed E-state index contributed by atoms with van der Waals surface area (Å²) in [5, 5.41) is 27.7. The highest BCUT2D eigenvalue weighted by molar-refractivity contribution is 5.86. The Labute approximate surface area is 92.4 Å². The lowest BCUT2D eigenvalue weighted by Crippen LogP contribution is -2.27. The molecule has 1 aromatic heterocycles. The maximum Gasteiger partial charge on any atom is 0.354 e. The van der Waals surface area contributed by atoms with E-state index in [1.807, 2.05) is 0 Å². The smallest absolute Gasteiger partial charge is 0.354 e. The van der Waals surface area contributed by atoms with Crippen molar-refractivity contribution in [2.45, 2.75) is 19.1 Å². The first-order chi connectivity index (χ1) is 7.47. The van der Waals surface area contributed by atoms with E-state index in [9.17, 15) is 15.0 Å². The average Bonchev–Trinajstić information content (AvgIpc) is 2.26. The van der Waals surface area contributed by atoms with Crippen LogP contribution in [0.1, 0.15) is 27.7 Å². The van der Waals surface area contributed by atoms with Crippen molar-refractivity contribution in [3.8, 4) is 0 Å². The highest BCUT2D eigenvalue weighted by Gasteiger charge is 2.19. The molecule has 5 N–H and O–H groups in total. The van der Waals surface area contributed by atoms with Crippen LogP contribution in [0.2, 0.25) is 0 Å². The van der Waals surface area contributed by atoms with Crippen molar-refractivity contribution in [3.05, 3.63) is 29.1 Å². The van der Waals surface area contributed by atoms with E-state index in [0.29, 0.717) is 11.1 Å². The maximum absolute atomic E-state index is 10.7. The lowest BCUT2D eigenvalue weighted by molar-refractivity contribution is 0.0240. The molecule has 0 fully saturated rings. The first kappa shape index (κ1) is 12.6. The van der Waals surface area contributed by atoms with Crippen LogP contribution < -0.4 is 5.73 Å². The van der Waals surface area contributed by atoms with Gasteiger partial charge in [-0.05, 0) is 18.6 Å². The molecule has 0 saturated carbocycles. The van der Waals surface area contributed by atoms with E-state index < -0.39 is 18.2 Å². The standard InChI is InChI=1S/C10H14N2O4/c1-5-2-6(9(14)7(13)3-11)4-12-8(5)10(15)16/h2,4,7,9,13-14H,3,11H2,1H3,(H,15,16). The molecule has 0 saturated heterocycles. The van der Waals surface area contributed by atoms with E-state index in [4.69, 9.17) is 10.8 Å². The topological polar surface area (TPSA) is 117 Å². The maximum atomic E-state index is 10.7. The molecular weight excluding hydrogens is 212 g/mol. The first-order valence-corrected chi connectivity index (χ1v) is 4.73. The molecule has 6 nitrogen and oxygen atoms in total. The van der Waals surface area contributed by atoms with Gasteiger partial charge >= 0.3 is 5.97 Å². The van der Waals surface area contributed by atoms with Crippen LogP contribution in [-0.4, -0.2) is 38.9 Å². The molecule has 1 heterocycles.